The number of anilines is 3. The summed E-state index contributed by atoms with van der Waals surface area (Å²) in [6.45, 7) is 5.80. The fourth-order valence-electron chi connectivity index (χ4n) is 7.30. The van der Waals surface area contributed by atoms with Crippen molar-refractivity contribution in [3.8, 4) is 17.0 Å². The molecule has 3 fully saturated rings. The third kappa shape index (κ3) is 5.95. The molecule has 4 aliphatic rings. The number of fused-ring (bicyclic) bond motifs is 1. The van der Waals surface area contributed by atoms with Gasteiger partial charge in [0.25, 0.3) is 5.91 Å². The van der Waals surface area contributed by atoms with Crippen LogP contribution in [-0.4, -0.2) is 94.7 Å². The highest BCUT2D eigenvalue weighted by Crippen LogP contribution is 2.43. The van der Waals surface area contributed by atoms with Crippen LogP contribution in [0.15, 0.2) is 42.5 Å². The Kier molecular flexibility index (Phi) is 8.39. The third-order valence-electron chi connectivity index (χ3n) is 9.83. The minimum absolute atomic E-state index is 0.0735. The average molecular weight is 661 g/mol. The third-order valence-corrected chi connectivity index (χ3v) is 10.4. The minimum atomic E-state index is -0.718. The summed E-state index contributed by atoms with van der Waals surface area (Å²) in [4.78, 5) is 46.4. The summed E-state index contributed by atoms with van der Waals surface area (Å²) in [5.74, 6) is -0.712. The first-order valence-corrected chi connectivity index (χ1v) is 16.5. The predicted octanol–water partition coefficient (Wildman–Crippen LogP) is 2.80. The number of nitrogen functional groups attached to an aromatic ring is 1. The lowest BCUT2D eigenvalue weighted by atomic mass is 9.94. The Labute approximate surface area is 277 Å². The van der Waals surface area contributed by atoms with E-state index in [1.807, 2.05) is 18.2 Å². The van der Waals surface area contributed by atoms with Crippen LogP contribution >= 0.6 is 12.6 Å². The van der Waals surface area contributed by atoms with Crippen molar-refractivity contribution in [2.24, 2.45) is 5.92 Å². The molecule has 4 N–H and O–H groups in total. The van der Waals surface area contributed by atoms with Crippen molar-refractivity contribution >= 4 is 47.5 Å². The number of phenolic OH excluding ortho intramolecular Hbond substituents is 1. The molecule has 1 aromatic heterocycles. The quantitative estimate of drug-likeness (QED) is 0.230. The summed E-state index contributed by atoms with van der Waals surface area (Å²) in [6, 6.07) is 10.6. The lowest BCUT2D eigenvalue weighted by molar-refractivity contribution is -0.137. The second kappa shape index (κ2) is 12.6. The normalized spacial score (nSPS) is 22.5. The summed E-state index contributed by atoms with van der Waals surface area (Å²) in [5, 5.41) is 20.2. The SMILES string of the molecule is Nc1nnc(-c2cc(F)ccc2O)cc1N1CCN(CC2CCN(c3cccc4c3C(=O)N(C3CCC(=O)NC3=O)C4S)CC2)CC1. The van der Waals surface area contributed by atoms with Gasteiger partial charge in [0, 0.05) is 63.5 Å². The number of carbonyl (C=O) groups is 3. The predicted molar refractivity (Wildman–Crippen MR) is 178 cm³/mol. The highest BCUT2D eigenvalue weighted by atomic mass is 32.1. The molecule has 2 atom stereocenters. The molecule has 0 saturated carbocycles. The summed E-state index contributed by atoms with van der Waals surface area (Å²) < 4.78 is 13.9. The fourth-order valence-corrected chi connectivity index (χ4v) is 7.78. The van der Waals surface area contributed by atoms with E-state index in [0.717, 1.165) is 75.6 Å². The maximum atomic E-state index is 13.9. The maximum absolute atomic E-state index is 13.9. The van der Waals surface area contributed by atoms with Crippen molar-refractivity contribution in [1.29, 1.82) is 0 Å². The number of piperidine rings is 2. The molecule has 0 spiro atoms. The molecule has 3 saturated heterocycles. The molecule has 246 valence electrons. The Morgan fingerprint density at radius 3 is 2.43 bits per heavy atom. The van der Waals surface area contributed by atoms with Crippen LogP contribution in [0.5, 0.6) is 5.75 Å². The number of halogens is 1. The van der Waals surface area contributed by atoms with Gasteiger partial charge in [0.2, 0.25) is 11.8 Å². The summed E-state index contributed by atoms with van der Waals surface area (Å²) in [7, 11) is 0. The first-order valence-electron chi connectivity index (χ1n) is 16.0. The van der Waals surface area contributed by atoms with Gasteiger partial charge in [0.1, 0.15) is 23.0 Å². The zero-order chi connectivity index (χ0) is 32.8. The van der Waals surface area contributed by atoms with E-state index >= 15 is 0 Å². The number of carbonyl (C=O) groups excluding carboxylic acids is 3. The number of aromatic hydroxyl groups is 1. The number of amides is 3. The number of imide groups is 1. The van der Waals surface area contributed by atoms with Crippen molar-refractivity contribution in [2.45, 2.75) is 37.1 Å². The van der Waals surface area contributed by atoms with Crippen molar-refractivity contribution in [3.63, 3.8) is 0 Å². The van der Waals surface area contributed by atoms with Crippen molar-refractivity contribution < 1.29 is 23.9 Å². The molecule has 12 nitrogen and oxygen atoms in total. The maximum Gasteiger partial charge on any atom is 0.258 e. The molecule has 0 bridgehead atoms. The first-order chi connectivity index (χ1) is 22.7. The van der Waals surface area contributed by atoms with Gasteiger partial charge in [0.15, 0.2) is 5.82 Å². The second-order valence-electron chi connectivity index (χ2n) is 12.7. The van der Waals surface area contributed by atoms with Crippen LogP contribution in [0.2, 0.25) is 0 Å². The Hall–Kier alpha value is -4.43. The van der Waals surface area contributed by atoms with Gasteiger partial charge < -0.3 is 25.5 Å². The fraction of sp³-hybridized carbons (Fsp3) is 0.424. The Bertz CT molecular complexity index is 1730. The number of phenols is 1. The van der Waals surface area contributed by atoms with E-state index in [-0.39, 0.29) is 29.5 Å². The monoisotopic (exact) mass is 660 g/mol. The lowest BCUT2D eigenvalue weighted by Gasteiger charge is -2.40. The van der Waals surface area contributed by atoms with Crippen LogP contribution in [0.25, 0.3) is 11.3 Å². The second-order valence-corrected chi connectivity index (χ2v) is 13.2. The molecule has 5 heterocycles. The molecule has 0 radical (unpaired) electrons. The van der Waals surface area contributed by atoms with Gasteiger partial charge in [-0.2, -0.15) is 0 Å². The number of hydrogen-bond donors (Lipinski definition) is 4. The topological polar surface area (TPSA) is 148 Å². The standard InChI is InChI=1S/C33H37FN8O4S/c34-20-4-6-27(43)22(16-20)23-17-26(30(35)38-37-23)41-14-12-39(13-15-41)18-19-8-10-40(11-9-19)24-3-1-2-21-29(24)32(46)42(33(21)47)25-5-7-28(44)36-31(25)45/h1-4,6,16-17,19,25,33,43,47H,5,7-15,18H2,(H2,35,38)(H,36,44,45). The highest BCUT2D eigenvalue weighted by molar-refractivity contribution is 7.80. The molecule has 3 aromatic rings. The van der Waals surface area contributed by atoms with Gasteiger partial charge in [-0.25, -0.2) is 4.39 Å². The van der Waals surface area contributed by atoms with E-state index in [9.17, 15) is 23.9 Å². The zero-order valence-corrected chi connectivity index (χ0v) is 26.7. The number of benzene rings is 2. The lowest BCUT2D eigenvalue weighted by Crippen LogP contribution is -2.53. The van der Waals surface area contributed by atoms with Gasteiger partial charge in [-0.1, -0.05) is 12.1 Å². The summed E-state index contributed by atoms with van der Waals surface area (Å²) in [5.41, 5.74) is 9.82. The van der Waals surface area contributed by atoms with Crippen LogP contribution in [0, 0.1) is 11.7 Å². The molecule has 7 rings (SSSR count). The van der Waals surface area contributed by atoms with Gasteiger partial charge in [0.05, 0.1) is 16.9 Å². The molecular formula is C33H37FN8O4S. The van der Waals surface area contributed by atoms with Gasteiger partial charge >= 0.3 is 0 Å². The molecule has 3 amide bonds. The van der Waals surface area contributed by atoms with Crippen LogP contribution in [0.3, 0.4) is 0 Å². The molecular weight excluding hydrogens is 623 g/mol. The van der Waals surface area contributed by atoms with Crippen LogP contribution in [0.1, 0.15) is 47.0 Å². The number of aromatic nitrogens is 2. The number of nitrogens with one attached hydrogen (secondary N) is 1. The van der Waals surface area contributed by atoms with Crippen LogP contribution in [0.4, 0.5) is 21.6 Å². The Balaban J connectivity index is 0.954. The zero-order valence-electron chi connectivity index (χ0n) is 25.8. The smallest absolute Gasteiger partial charge is 0.258 e. The minimum Gasteiger partial charge on any atom is -0.507 e. The van der Waals surface area contributed by atoms with Crippen molar-refractivity contribution in [3.05, 3.63) is 59.4 Å². The van der Waals surface area contributed by atoms with Gasteiger partial charge in [-0.3, -0.25) is 24.6 Å². The first kappa shape index (κ1) is 31.2. The largest absolute Gasteiger partial charge is 0.507 e. The highest BCUT2D eigenvalue weighted by Gasteiger charge is 2.45. The van der Waals surface area contributed by atoms with Crippen LogP contribution < -0.4 is 20.9 Å². The molecule has 14 heteroatoms. The van der Waals surface area contributed by atoms with Gasteiger partial charge in [-0.05, 0) is 61.1 Å². The van der Waals surface area contributed by atoms with Crippen LogP contribution in [-0.2, 0) is 9.59 Å². The number of piperazine rings is 1. The van der Waals surface area contributed by atoms with E-state index in [0.29, 0.717) is 29.4 Å². The Morgan fingerprint density at radius 2 is 1.68 bits per heavy atom. The van der Waals surface area contributed by atoms with E-state index in [1.54, 1.807) is 6.07 Å². The van der Waals surface area contributed by atoms with Gasteiger partial charge in [-0.15, -0.1) is 22.8 Å². The van der Waals surface area contributed by atoms with E-state index in [4.69, 9.17) is 18.4 Å². The molecule has 2 aromatic carbocycles. The summed E-state index contributed by atoms with van der Waals surface area (Å²) in [6.07, 6.45) is 2.47. The molecule has 0 aliphatic carbocycles. The number of nitrogens with zero attached hydrogens (tertiary/aromatic N) is 6. The van der Waals surface area contributed by atoms with Crippen molar-refractivity contribution in [1.82, 2.24) is 25.3 Å². The number of hydrogen-bond acceptors (Lipinski definition) is 11. The molecule has 47 heavy (non-hydrogen) atoms. The van der Waals surface area contributed by atoms with E-state index < -0.39 is 23.1 Å². The molecule has 2 unspecified atom stereocenters. The number of nitrogens with two attached hydrogens (primary N) is 1. The van der Waals surface area contributed by atoms with E-state index in [1.165, 1.54) is 23.1 Å². The average Bonchev–Trinajstić information content (AvgIpc) is 3.32. The Morgan fingerprint density at radius 1 is 0.936 bits per heavy atom. The number of thiol groups is 1. The summed E-state index contributed by atoms with van der Waals surface area (Å²) >= 11 is 4.74. The molecule has 4 aliphatic heterocycles. The number of rotatable bonds is 6. The van der Waals surface area contributed by atoms with Crippen molar-refractivity contribution in [2.75, 3.05) is 61.3 Å². The van der Waals surface area contributed by atoms with E-state index in [2.05, 4.69) is 30.2 Å².